The van der Waals surface area contributed by atoms with Crippen LogP contribution >= 0.6 is 0 Å². The van der Waals surface area contributed by atoms with E-state index in [2.05, 4.69) is 0 Å². The topological polar surface area (TPSA) is 76.2 Å². The first-order valence-electron chi connectivity index (χ1n) is 11.5. The summed E-state index contributed by atoms with van der Waals surface area (Å²) < 4.78 is 10.4. The van der Waals surface area contributed by atoms with Gasteiger partial charge in [-0.2, -0.15) is 0 Å². The van der Waals surface area contributed by atoms with Gasteiger partial charge in [-0.25, -0.2) is 4.90 Å². The molecular formula is C26H30N2O5. The number of benzene rings is 2. The van der Waals surface area contributed by atoms with Crippen LogP contribution in [0.3, 0.4) is 0 Å². The summed E-state index contributed by atoms with van der Waals surface area (Å²) in [6.07, 6.45) is 5.92. The van der Waals surface area contributed by atoms with Crippen LogP contribution < -0.4 is 14.4 Å². The second-order valence-corrected chi connectivity index (χ2v) is 8.57. The zero-order chi connectivity index (χ0) is 23.4. The highest BCUT2D eigenvalue weighted by atomic mass is 16.5. The van der Waals surface area contributed by atoms with Crippen molar-refractivity contribution >= 4 is 23.4 Å². The van der Waals surface area contributed by atoms with Crippen LogP contribution in [0.4, 0.5) is 5.69 Å². The molecule has 1 saturated carbocycles. The molecule has 0 spiro atoms. The van der Waals surface area contributed by atoms with E-state index in [1.165, 1.54) is 4.90 Å². The molecule has 7 heteroatoms. The van der Waals surface area contributed by atoms with E-state index in [0.29, 0.717) is 22.7 Å². The molecule has 2 aromatic rings. The molecular weight excluding hydrogens is 420 g/mol. The minimum Gasteiger partial charge on any atom is -0.497 e. The van der Waals surface area contributed by atoms with Gasteiger partial charge in [0.2, 0.25) is 5.91 Å². The van der Waals surface area contributed by atoms with E-state index < -0.39 is 6.04 Å². The maximum absolute atomic E-state index is 13.7. The Balaban J connectivity index is 1.66. The zero-order valence-electron chi connectivity index (χ0n) is 19.2. The van der Waals surface area contributed by atoms with E-state index >= 15 is 0 Å². The average Bonchev–Trinajstić information content (AvgIpc) is 3.01. The second kappa shape index (κ2) is 10.1. The fourth-order valence-electron chi connectivity index (χ4n) is 4.82. The zero-order valence-corrected chi connectivity index (χ0v) is 19.2. The number of ether oxygens (including phenoxy) is 2. The van der Waals surface area contributed by atoms with Crippen molar-refractivity contribution in [3.63, 3.8) is 0 Å². The molecule has 1 atom stereocenters. The lowest BCUT2D eigenvalue weighted by Gasteiger charge is -2.35. The van der Waals surface area contributed by atoms with E-state index in [9.17, 15) is 14.4 Å². The Morgan fingerprint density at radius 1 is 0.848 bits per heavy atom. The number of methoxy groups -OCH3 is 2. The molecule has 2 aromatic carbocycles. The molecule has 0 radical (unpaired) electrons. The highest BCUT2D eigenvalue weighted by Crippen LogP contribution is 2.32. The fourth-order valence-corrected chi connectivity index (χ4v) is 4.82. The van der Waals surface area contributed by atoms with Crippen molar-refractivity contribution in [1.82, 2.24) is 4.90 Å². The first-order valence-corrected chi connectivity index (χ1v) is 11.5. The van der Waals surface area contributed by atoms with Crippen LogP contribution in [-0.4, -0.2) is 48.9 Å². The number of carbonyl (C=O) groups excluding carboxylic acids is 3. The van der Waals surface area contributed by atoms with Crippen molar-refractivity contribution in [3.8, 4) is 11.5 Å². The Bertz CT molecular complexity index is 994. The van der Waals surface area contributed by atoms with Gasteiger partial charge in [0, 0.05) is 11.6 Å². The van der Waals surface area contributed by atoms with Gasteiger partial charge < -0.3 is 14.4 Å². The largest absolute Gasteiger partial charge is 0.497 e. The SMILES string of the molecule is COc1ccc(C(=O)N(C2CCCCCC2)C2CC(=O)N(c3ccc(OC)cc3)C2=O)cc1. The minimum absolute atomic E-state index is 0.0107. The lowest BCUT2D eigenvalue weighted by atomic mass is 10.0. The number of hydrogen-bond acceptors (Lipinski definition) is 5. The quantitative estimate of drug-likeness (QED) is 0.487. The molecule has 0 bridgehead atoms. The molecule has 4 rings (SSSR count). The molecule has 2 aliphatic rings. The standard InChI is InChI=1S/C26H30N2O5/c1-32-21-13-9-18(10-14-21)25(30)27(19-7-5-3-4-6-8-19)23-17-24(29)28(26(23)31)20-11-15-22(33-2)16-12-20/h9-16,19,23H,3-8,17H2,1-2H3. The summed E-state index contributed by atoms with van der Waals surface area (Å²) in [5, 5.41) is 0. The number of amides is 3. The number of nitrogens with zero attached hydrogens (tertiary/aromatic N) is 2. The number of hydrogen-bond donors (Lipinski definition) is 0. The van der Waals surface area contributed by atoms with Crippen LogP contribution in [-0.2, 0) is 9.59 Å². The molecule has 1 aliphatic carbocycles. The molecule has 1 saturated heterocycles. The third-order valence-corrected chi connectivity index (χ3v) is 6.58. The van der Waals surface area contributed by atoms with E-state index in [1.54, 1.807) is 67.7 Å². The van der Waals surface area contributed by atoms with Crippen molar-refractivity contribution in [2.45, 2.75) is 57.0 Å². The molecule has 33 heavy (non-hydrogen) atoms. The third kappa shape index (κ3) is 4.72. The molecule has 2 fully saturated rings. The van der Waals surface area contributed by atoms with Gasteiger partial charge in [0.05, 0.1) is 26.3 Å². The summed E-state index contributed by atoms with van der Waals surface area (Å²) in [5.74, 6) is 0.439. The lowest BCUT2D eigenvalue weighted by molar-refractivity contribution is -0.123. The first-order chi connectivity index (χ1) is 16.0. The van der Waals surface area contributed by atoms with Gasteiger partial charge in [0.15, 0.2) is 0 Å². The Morgan fingerprint density at radius 2 is 1.39 bits per heavy atom. The summed E-state index contributed by atoms with van der Waals surface area (Å²) in [4.78, 5) is 43.1. The van der Waals surface area contributed by atoms with Gasteiger partial charge in [-0.3, -0.25) is 14.4 Å². The number of anilines is 1. The molecule has 1 aliphatic heterocycles. The summed E-state index contributed by atoms with van der Waals surface area (Å²) in [5.41, 5.74) is 0.981. The van der Waals surface area contributed by atoms with Crippen molar-refractivity contribution < 1.29 is 23.9 Å². The Labute approximate surface area is 194 Å². The van der Waals surface area contributed by atoms with Crippen molar-refractivity contribution in [3.05, 3.63) is 54.1 Å². The number of imide groups is 1. The second-order valence-electron chi connectivity index (χ2n) is 8.57. The van der Waals surface area contributed by atoms with Gasteiger partial charge in [-0.15, -0.1) is 0 Å². The van der Waals surface area contributed by atoms with E-state index in [-0.39, 0.29) is 30.2 Å². The van der Waals surface area contributed by atoms with Crippen molar-refractivity contribution in [1.29, 1.82) is 0 Å². The molecule has 7 nitrogen and oxygen atoms in total. The summed E-state index contributed by atoms with van der Waals surface area (Å²) in [6, 6.07) is 12.9. The van der Waals surface area contributed by atoms with Gasteiger partial charge in [0.1, 0.15) is 17.5 Å². The molecule has 3 amide bonds. The molecule has 1 unspecified atom stereocenters. The monoisotopic (exact) mass is 450 g/mol. The summed E-state index contributed by atoms with van der Waals surface area (Å²) >= 11 is 0. The van der Waals surface area contributed by atoms with Crippen LogP contribution in [0.15, 0.2) is 48.5 Å². The normalized spacial score (nSPS) is 19.3. The Morgan fingerprint density at radius 3 is 1.94 bits per heavy atom. The Kier molecular flexibility index (Phi) is 6.96. The van der Waals surface area contributed by atoms with Crippen LogP contribution in [0.2, 0.25) is 0 Å². The van der Waals surface area contributed by atoms with Crippen molar-refractivity contribution in [2.24, 2.45) is 0 Å². The number of rotatable bonds is 6. The first kappa shape index (κ1) is 22.8. The van der Waals surface area contributed by atoms with Gasteiger partial charge >= 0.3 is 0 Å². The third-order valence-electron chi connectivity index (χ3n) is 6.58. The maximum atomic E-state index is 13.7. The smallest absolute Gasteiger partial charge is 0.257 e. The van der Waals surface area contributed by atoms with E-state index in [4.69, 9.17) is 9.47 Å². The van der Waals surface area contributed by atoms with E-state index in [1.807, 2.05) is 0 Å². The molecule has 1 heterocycles. The number of carbonyl (C=O) groups is 3. The predicted molar refractivity (Wildman–Crippen MR) is 125 cm³/mol. The average molecular weight is 451 g/mol. The minimum atomic E-state index is -0.808. The fraction of sp³-hybridized carbons (Fsp3) is 0.423. The van der Waals surface area contributed by atoms with Crippen molar-refractivity contribution in [2.75, 3.05) is 19.1 Å². The highest BCUT2D eigenvalue weighted by molar-refractivity contribution is 6.23. The molecule has 0 N–H and O–H groups in total. The van der Waals surface area contributed by atoms with E-state index in [0.717, 1.165) is 38.5 Å². The molecule has 0 aromatic heterocycles. The predicted octanol–water partition coefficient (Wildman–Crippen LogP) is 4.20. The van der Waals surface area contributed by atoms with Gasteiger partial charge in [0.25, 0.3) is 11.8 Å². The lowest BCUT2D eigenvalue weighted by Crippen LogP contribution is -2.50. The maximum Gasteiger partial charge on any atom is 0.257 e. The summed E-state index contributed by atoms with van der Waals surface area (Å²) in [6.45, 7) is 0. The van der Waals surface area contributed by atoms with Gasteiger partial charge in [-0.1, -0.05) is 25.7 Å². The van der Waals surface area contributed by atoms with Crippen LogP contribution in [0, 0.1) is 0 Å². The van der Waals surface area contributed by atoms with Crippen LogP contribution in [0.25, 0.3) is 0 Å². The van der Waals surface area contributed by atoms with Crippen LogP contribution in [0.1, 0.15) is 55.3 Å². The summed E-state index contributed by atoms with van der Waals surface area (Å²) in [7, 11) is 3.14. The molecule has 174 valence electrons. The van der Waals surface area contributed by atoms with Gasteiger partial charge in [-0.05, 0) is 61.4 Å². The highest BCUT2D eigenvalue weighted by Gasteiger charge is 2.46. The van der Waals surface area contributed by atoms with Crippen LogP contribution in [0.5, 0.6) is 11.5 Å². The Hall–Kier alpha value is -3.35.